The average molecular weight is 211 g/mol. The van der Waals surface area contributed by atoms with E-state index in [9.17, 15) is 0 Å². The van der Waals surface area contributed by atoms with Crippen LogP contribution in [0.2, 0.25) is 0 Å². The van der Waals surface area contributed by atoms with Crippen LogP contribution >= 0.6 is 0 Å². The lowest BCUT2D eigenvalue weighted by Crippen LogP contribution is -2.30. The molecule has 0 spiro atoms. The molecular weight excluding hydrogens is 182 g/mol. The van der Waals surface area contributed by atoms with Crippen LogP contribution in [0.3, 0.4) is 0 Å². The van der Waals surface area contributed by atoms with Gasteiger partial charge < -0.3 is 5.32 Å². The van der Waals surface area contributed by atoms with E-state index in [-0.39, 0.29) is 0 Å². The standard InChI is InChI=1S/C14H29N/c1-11(15-5)12-7-6-8-13(10-9-12)14(2,3)4/h11-13,15H,6-10H2,1-5H3. The Morgan fingerprint density at radius 1 is 1.07 bits per heavy atom. The Bertz CT molecular complexity index is 180. The lowest BCUT2D eigenvalue weighted by molar-refractivity contribution is 0.211. The van der Waals surface area contributed by atoms with Crippen LogP contribution in [0.1, 0.15) is 59.8 Å². The summed E-state index contributed by atoms with van der Waals surface area (Å²) in [5.41, 5.74) is 0.512. The highest BCUT2D eigenvalue weighted by atomic mass is 14.9. The normalized spacial score (nSPS) is 31.0. The minimum Gasteiger partial charge on any atom is -0.317 e. The minimum atomic E-state index is 0.512. The second-order valence-electron chi connectivity index (χ2n) is 6.41. The van der Waals surface area contributed by atoms with E-state index < -0.39 is 0 Å². The fourth-order valence-electron chi connectivity index (χ4n) is 2.93. The number of nitrogens with one attached hydrogen (secondary N) is 1. The van der Waals surface area contributed by atoms with Crippen LogP contribution in [-0.4, -0.2) is 13.1 Å². The maximum atomic E-state index is 3.42. The first kappa shape index (κ1) is 13.0. The summed E-state index contributed by atoms with van der Waals surface area (Å²) in [4.78, 5) is 0. The lowest BCUT2D eigenvalue weighted by Gasteiger charge is -2.30. The Morgan fingerprint density at radius 2 is 1.73 bits per heavy atom. The number of hydrogen-bond donors (Lipinski definition) is 1. The second-order valence-corrected chi connectivity index (χ2v) is 6.41. The third-order valence-corrected chi connectivity index (χ3v) is 4.40. The zero-order valence-corrected chi connectivity index (χ0v) is 11.3. The Balaban J connectivity index is 2.49. The van der Waals surface area contributed by atoms with Crippen LogP contribution in [0, 0.1) is 17.3 Å². The summed E-state index contributed by atoms with van der Waals surface area (Å²) in [6.07, 6.45) is 7.15. The molecule has 1 N–H and O–H groups in total. The first-order chi connectivity index (χ1) is 6.95. The average Bonchev–Trinajstić information content (AvgIpc) is 2.40. The Labute approximate surface area is 96.0 Å². The zero-order valence-electron chi connectivity index (χ0n) is 11.3. The fraction of sp³-hybridized carbons (Fsp3) is 1.00. The van der Waals surface area contributed by atoms with Gasteiger partial charge in [0, 0.05) is 6.04 Å². The SMILES string of the molecule is CNC(C)C1CCCC(C(C)(C)C)CC1. The van der Waals surface area contributed by atoms with Gasteiger partial charge in [-0.05, 0) is 56.9 Å². The van der Waals surface area contributed by atoms with Crippen molar-refractivity contribution in [1.82, 2.24) is 5.32 Å². The molecule has 1 fully saturated rings. The lowest BCUT2D eigenvalue weighted by atomic mass is 9.76. The van der Waals surface area contributed by atoms with Crippen molar-refractivity contribution >= 4 is 0 Å². The van der Waals surface area contributed by atoms with Gasteiger partial charge in [0.1, 0.15) is 0 Å². The van der Waals surface area contributed by atoms with E-state index >= 15 is 0 Å². The van der Waals surface area contributed by atoms with Crippen molar-refractivity contribution in [2.24, 2.45) is 17.3 Å². The van der Waals surface area contributed by atoms with E-state index in [2.05, 4.69) is 40.1 Å². The van der Waals surface area contributed by atoms with Gasteiger partial charge in [0.25, 0.3) is 0 Å². The van der Waals surface area contributed by atoms with Gasteiger partial charge in [-0.3, -0.25) is 0 Å². The number of rotatable bonds is 2. The summed E-state index contributed by atoms with van der Waals surface area (Å²) in [7, 11) is 2.09. The van der Waals surface area contributed by atoms with E-state index in [0.29, 0.717) is 11.5 Å². The molecule has 0 bridgehead atoms. The highest BCUT2D eigenvalue weighted by Crippen LogP contribution is 2.38. The predicted octanol–water partition coefficient (Wildman–Crippen LogP) is 3.84. The first-order valence-electron chi connectivity index (χ1n) is 6.62. The van der Waals surface area contributed by atoms with Crippen LogP contribution in [0.25, 0.3) is 0 Å². The largest absolute Gasteiger partial charge is 0.317 e. The predicted molar refractivity (Wildman–Crippen MR) is 68.0 cm³/mol. The first-order valence-corrected chi connectivity index (χ1v) is 6.62. The molecule has 0 amide bonds. The molecule has 90 valence electrons. The second kappa shape index (κ2) is 5.34. The van der Waals surface area contributed by atoms with Gasteiger partial charge in [0.2, 0.25) is 0 Å². The molecule has 0 aromatic heterocycles. The maximum absolute atomic E-state index is 3.42. The third kappa shape index (κ3) is 3.79. The molecule has 0 heterocycles. The molecule has 0 radical (unpaired) electrons. The summed E-state index contributed by atoms with van der Waals surface area (Å²) in [6, 6.07) is 0.698. The molecule has 1 heteroatoms. The van der Waals surface area contributed by atoms with E-state index in [4.69, 9.17) is 0 Å². The van der Waals surface area contributed by atoms with Crippen molar-refractivity contribution in [2.75, 3.05) is 7.05 Å². The maximum Gasteiger partial charge on any atom is 0.00639 e. The van der Waals surface area contributed by atoms with Gasteiger partial charge in [-0.25, -0.2) is 0 Å². The molecule has 0 aromatic carbocycles. The molecule has 3 unspecified atom stereocenters. The van der Waals surface area contributed by atoms with Gasteiger partial charge in [-0.2, -0.15) is 0 Å². The molecular formula is C14H29N. The molecule has 0 aliphatic heterocycles. The van der Waals surface area contributed by atoms with Crippen molar-refractivity contribution < 1.29 is 0 Å². The van der Waals surface area contributed by atoms with E-state index in [1.807, 2.05) is 0 Å². The van der Waals surface area contributed by atoms with Gasteiger partial charge in [-0.1, -0.05) is 27.2 Å². The van der Waals surface area contributed by atoms with Crippen LogP contribution < -0.4 is 5.32 Å². The van der Waals surface area contributed by atoms with Crippen molar-refractivity contribution in [3.05, 3.63) is 0 Å². The third-order valence-electron chi connectivity index (χ3n) is 4.40. The molecule has 1 nitrogen and oxygen atoms in total. The molecule has 15 heavy (non-hydrogen) atoms. The number of hydrogen-bond acceptors (Lipinski definition) is 1. The highest BCUT2D eigenvalue weighted by Gasteiger charge is 2.28. The van der Waals surface area contributed by atoms with Crippen LogP contribution in [-0.2, 0) is 0 Å². The van der Waals surface area contributed by atoms with E-state index in [0.717, 1.165) is 11.8 Å². The zero-order chi connectivity index (χ0) is 11.5. The smallest absolute Gasteiger partial charge is 0.00639 e. The van der Waals surface area contributed by atoms with Crippen molar-refractivity contribution in [1.29, 1.82) is 0 Å². The quantitative estimate of drug-likeness (QED) is 0.684. The van der Waals surface area contributed by atoms with Gasteiger partial charge in [0.05, 0.1) is 0 Å². The summed E-state index contributed by atoms with van der Waals surface area (Å²) in [5.74, 6) is 1.84. The summed E-state index contributed by atoms with van der Waals surface area (Å²) in [5, 5.41) is 3.42. The van der Waals surface area contributed by atoms with Gasteiger partial charge in [-0.15, -0.1) is 0 Å². The highest BCUT2D eigenvalue weighted by molar-refractivity contribution is 4.81. The van der Waals surface area contributed by atoms with E-state index in [1.54, 1.807) is 0 Å². The summed E-state index contributed by atoms with van der Waals surface area (Å²) in [6.45, 7) is 9.54. The topological polar surface area (TPSA) is 12.0 Å². The fourth-order valence-corrected chi connectivity index (χ4v) is 2.93. The molecule has 1 rings (SSSR count). The van der Waals surface area contributed by atoms with Gasteiger partial charge in [0.15, 0.2) is 0 Å². The van der Waals surface area contributed by atoms with E-state index in [1.165, 1.54) is 32.1 Å². The Morgan fingerprint density at radius 3 is 2.27 bits per heavy atom. The van der Waals surface area contributed by atoms with Crippen molar-refractivity contribution in [3.8, 4) is 0 Å². The van der Waals surface area contributed by atoms with Gasteiger partial charge >= 0.3 is 0 Å². The monoisotopic (exact) mass is 211 g/mol. The Hall–Kier alpha value is -0.0400. The van der Waals surface area contributed by atoms with Crippen LogP contribution in [0.5, 0.6) is 0 Å². The van der Waals surface area contributed by atoms with Crippen molar-refractivity contribution in [2.45, 2.75) is 65.8 Å². The molecule has 0 aromatic rings. The van der Waals surface area contributed by atoms with Crippen LogP contribution in [0.4, 0.5) is 0 Å². The van der Waals surface area contributed by atoms with Crippen molar-refractivity contribution in [3.63, 3.8) is 0 Å². The molecule has 3 atom stereocenters. The molecule has 1 aliphatic carbocycles. The Kier molecular flexibility index (Phi) is 4.64. The summed E-state index contributed by atoms with van der Waals surface area (Å²) < 4.78 is 0. The van der Waals surface area contributed by atoms with Crippen LogP contribution in [0.15, 0.2) is 0 Å². The minimum absolute atomic E-state index is 0.512. The molecule has 1 saturated carbocycles. The molecule has 0 saturated heterocycles. The molecule has 1 aliphatic rings. The summed E-state index contributed by atoms with van der Waals surface area (Å²) >= 11 is 0.